The highest BCUT2D eigenvalue weighted by Gasteiger charge is 2.37. The molecule has 5 heteroatoms. The summed E-state index contributed by atoms with van der Waals surface area (Å²) in [4.78, 5) is 12.1. The van der Waals surface area contributed by atoms with E-state index >= 15 is 0 Å². The molecule has 1 aliphatic rings. The van der Waals surface area contributed by atoms with Crippen LogP contribution in [0.2, 0.25) is 0 Å². The molecular weight excluding hydrogens is 278 g/mol. The first-order valence-electron chi connectivity index (χ1n) is 6.32. The van der Waals surface area contributed by atoms with E-state index in [1.807, 2.05) is 0 Å². The van der Waals surface area contributed by atoms with Gasteiger partial charge in [0.05, 0.1) is 14.2 Å². The molecule has 3 rings (SSSR count). The number of ether oxygens (including phenoxy) is 2. The fourth-order valence-corrected chi connectivity index (χ4v) is 2.82. The van der Waals surface area contributed by atoms with Gasteiger partial charge >= 0.3 is 5.97 Å². The molecule has 0 spiro atoms. The molecule has 2 aromatic rings. The maximum Gasteiger partial charge on any atom is 0.317 e. The molecule has 0 aromatic heterocycles. The van der Waals surface area contributed by atoms with Crippen LogP contribution in [0.4, 0.5) is 8.78 Å². The number of fused-ring (bicyclic) bond motifs is 3. The first-order valence-corrected chi connectivity index (χ1v) is 6.32. The predicted octanol–water partition coefficient (Wildman–Crippen LogP) is 3.26. The highest BCUT2D eigenvalue weighted by atomic mass is 19.1. The van der Waals surface area contributed by atoms with E-state index in [2.05, 4.69) is 0 Å². The summed E-state index contributed by atoms with van der Waals surface area (Å²) in [6, 6.07) is 6.63. The monoisotopic (exact) mass is 290 g/mol. The standard InChI is InChI=1S/C16H12F2O3/c1-20-13-7-9(18)6-12-14(13)10-4-3-8(17)5-11(10)15(12)16(19)21-2/h3-7,15H,1-2H3. The third kappa shape index (κ3) is 1.96. The summed E-state index contributed by atoms with van der Waals surface area (Å²) in [6.45, 7) is 0. The van der Waals surface area contributed by atoms with Crippen LogP contribution in [0.3, 0.4) is 0 Å². The van der Waals surface area contributed by atoms with Gasteiger partial charge in [0.1, 0.15) is 23.3 Å². The van der Waals surface area contributed by atoms with Crippen LogP contribution >= 0.6 is 0 Å². The first kappa shape index (κ1) is 13.5. The van der Waals surface area contributed by atoms with Crippen LogP contribution < -0.4 is 4.74 Å². The molecule has 1 unspecified atom stereocenters. The fraction of sp³-hybridized carbons (Fsp3) is 0.188. The van der Waals surface area contributed by atoms with E-state index in [0.29, 0.717) is 28.0 Å². The van der Waals surface area contributed by atoms with Gasteiger partial charge in [-0.15, -0.1) is 0 Å². The minimum absolute atomic E-state index is 0.310. The van der Waals surface area contributed by atoms with Gasteiger partial charge in [-0.05, 0) is 34.9 Å². The van der Waals surface area contributed by atoms with Gasteiger partial charge in [-0.2, -0.15) is 0 Å². The molecule has 0 N–H and O–H groups in total. The van der Waals surface area contributed by atoms with Crippen molar-refractivity contribution in [1.82, 2.24) is 0 Å². The molecule has 0 amide bonds. The van der Waals surface area contributed by atoms with Crippen molar-refractivity contribution in [3.63, 3.8) is 0 Å². The summed E-state index contributed by atoms with van der Waals surface area (Å²) in [7, 11) is 2.67. The van der Waals surface area contributed by atoms with E-state index in [1.54, 1.807) is 6.07 Å². The molecule has 21 heavy (non-hydrogen) atoms. The number of benzene rings is 2. The molecule has 108 valence electrons. The second-order valence-electron chi connectivity index (χ2n) is 4.76. The van der Waals surface area contributed by atoms with E-state index < -0.39 is 23.5 Å². The van der Waals surface area contributed by atoms with Gasteiger partial charge < -0.3 is 9.47 Å². The Hall–Kier alpha value is -2.43. The third-order valence-corrected chi connectivity index (χ3v) is 3.66. The summed E-state index contributed by atoms with van der Waals surface area (Å²) in [6.07, 6.45) is 0. The van der Waals surface area contributed by atoms with E-state index in [-0.39, 0.29) is 0 Å². The van der Waals surface area contributed by atoms with Gasteiger partial charge in [0.15, 0.2) is 0 Å². The Morgan fingerprint density at radius 2 is 1.76 bits per heavy atom. The molecular formula is C16H12F2O3. The van der Waals surface area contributed by atoms with Crippen LogP contribution in [0.1, 0.15) is 17.0 Å². The Morgan fingerprint density at radius 3 is 2.43 bits per heavy atom. The summed E-state index contributed by atoms with van der Waals surface area (Å²) in [5, 5.41) is 0. The molecule has 0 saturated carbocycles. The zero-order chi connectivity index (χ0) is 15.1. The lowest BCUT2D eigenvalue weighted by Gasteiger charge is -2.12. The molecule has 2 aromatic carbocycles. The quantitative estimate of drug-likeness (QED) is 0.796. The summed E-state index contributed by atoms with van der Waals surface area (Å²) >= 11 is 0. The average molecular weight is 290 g/mol. The van der Waals surface area contributed by atoms with Crippen molar-refractivity contribution in [3.8, 4) is 16.9 Å². The van der Waals surface area contributed by atoms with Crippen LogP contribution in [0.15, 0.2) is 30.3 Å². The summed E-state index contributed by atoms with van der Waals surface area (Å²) < 4.78 is 37.3. The normalized spacial score (nSPS) is 15.3. The van der Waals surface area contributed by atoms with E-state index in [9.17, 15) is 13.6 Å². The van der Waals surface area contributed by atoms with Crippen molar-refractivity contribution >= 4 is 5.97 Å². The lowest BCUT2D eigenvalue weighted by Crippen LogP contribution is -2.13. The van der Waals surface area contributed by atoms with Gasteiger partial charge in [-0.25, -0.2) is 8.78 Å². The minimum Gasteiger partial charge on any atom is -0.496 e. The molecule has 3 nitrogen and oxygen atoms in total. The number of rotatable bonds is 2. The van der Waals surface area contributed by atoms with Crippen molar-refractivity contribution in [3.05, 3.63) is 53.1 Å². The van der Waals surface area contributed by atoms with Crippen LogP contribution in [0.5, 0.6) is 5.75 Å². The minimum atomic E-state index is -0.847. The molecule has 0 saturated heterocycles. The molecule has 0 fully saturated rings. The number of esters is 1. The fourth-order valence-electron chi connectivity index (χ4n) is 2.82. The Morgan fingerprint density at radius 1 is 1.05 bits per heavy atom. The van der Waals surface area contributed by atoms with Crippen molar-refractivity contribution in [2.75, 3.05) is 14.2 Å². The molecule has 1 atom stereocenters. The van der Waals surface area contributed by atoms with Gasteiger partial charge in [0.25, 0.3) is 0 Å². The van der Waals surface area contributed by atoms with E-state index in [4.69, 9.17) is 9.47 Å². The Kier molecular flexibility index (Phi) is 3.12. The molecule has 0 bridgehead atoms. The smallest absolute Gasteiger partial charge is 0.317 e. The van der Waals surface area contributed by atoms with Gasteiger partial charge in [0, 0.05) is 11.6 Å². The second kappa shape index (κ2) is 4.84. The molecule has 0 aliphatic heterocycles. The lowest BCUT2D eigenvalue weighted by atomic mass is 9.97. The molecule has 0 heterocycles. The van der Waals surface area contributed by atoms with E-state index in [1.165, 1.54) is 38.5 Å². The zero-order valence-corrected chi connectivity index (χ0v) is 11.4. The van der Waals surface area contributed by atoms with Crippen LogP contribution in [-0.2, 0) is 9.53 Å². The highest BCUT2D eigenvalue weighted by molar-refractivity contribution is 5.95. The Bertz CT molecular complexity index is 741. The summed E-state index contributed by atoms with van der Waals surface area (Å²) in [5.41, 5.74) is 2.14. The number of carbonyl (C=O) groups excluding carboxylic acids is 1. The van der Waals surface area contributed by atoms with Gasteiger partial charge in [-0.1, -0.05) is 6.07 Å². The van der Waals surface area contributed by atoms with Crippen molar-refractivity contribution in [2.45, 2.75) is 5.92 Å². The average Bonchev–Trinajstić information content (AvgIpc) is 2.78. The SMILES string of the molecule is COC(=O)C1c2cc(F)ccc2-c2c(OC)cc(F)cc21. The second-order valence-corrected chi connectivity index (χ2v) is 4.76. The van der Waals surface area contributed by atoms with Crippen LogP contribution in [-0.4, -0.2) is 20.2 Å². The first-order chi connectivity index (χ1) is 10.1. The number of halogens is 2. The Balaban J connectivity index is 2.34. The van der Waals surface area contributed by atoms with E-state index in [0.717, 1.165) is 0 Å². The molecule has 0 radical (unpaired) electrons. The number of hydrogen-bond donors (Lipinski definition) is 0. The predicted molar refractivity (Wildman–Crippen MR) is 72.2 cm³/mol. The van der Waals surface area contributed by atoms with Gasteiger partial charge in [0.2, 0.25) is 0 Å². The third-order valence-electron chi connectivity index (χ3n) is 3.66. The van der Waals surface area contributed by atoms with Crippen molar-refractivity contribution in [1.29, 1.82) is 0 Å². The number of hydrogen-bond acceptors (Lipinski definition) is 3. The number of carbonyl (C=O) groups is 1. The number of methoxy groups -OCH3 is 2. The largest absolute Gasteiger partial charge is 0.496 e. The molecule has 1 aliphatic carbocycles. The van der Waals surface area contributed by atoms with Gasteiger partial charge in [-0.3, -0.25) is 4.79 Å². The van der Waals surface area contributed by atoms with Crippen molar-refractivity contribution < 1.29 is 23.0 Å². The van der Waals surface area contributed by atoms with Crippen molar-refractivity contribution in [2.24, 2.45) is 0 Å². The maximum absolute atomic E-state index is 13.7. The summed E-state index contributed by atoms with van der Waals surface area (Å²) in [5.74, 6) is -2.08. The Labute approximate surface area is 120 Å². The maximum atomic E-state index is 13.7. The van der Waals surface area contributed by atoms with Crippen LogP contribution in [0.25, 0.3) is 11.1 Å². The topological polar surface area (TPSA) is 35.5 Å². The highest BCUT2D eigenvalue weighted by Crippen LogP contribution is 2.49. The van der Waals surface area contributed by atoms with Crippen LogP contribution in [0, 0.1) is 11.6 Å². The lowest BCUT2D eigenvalue weighted by molar-refractivity contribution is -0.141. The zero-order valence-electron chi connectivity index (χ0n) is 11.4.